The molecule has 0 N–H and O–H groups in total. The van der Waals surface area contributed by atoms with Crippen molar-refractivity contribution in [1.29, 1.82) is 0 Å². The number of rotatable bonds is 7. The second kappa shape index (κ2) is 9.27. The molecule has 1 heterocycles. The molecule has 5 heteroatoms. The lowest BCUT2D eigenvalue weighted by Crippen LogP contribution is -2.16. The molecule has 0 bridgehead atoms. The van der Waals surface area contributed by atoms with E-state index in [1.165, 1.54) is 0 Å². The fourth-order valence-electron chi connectivity index (χ4n) is 3.24. The molecule has 30 heavy (non-hydrogen) atoms. The average molecular weight is 403 g/mol. The van der Waals surface area contributed by atoms with Crippen LogP contribution in [-0.4, -0.2) is 30.0 Å². The number of hydrogen-bond donors (Lipinski definition) is 0. The van der Waals surface area contributed by atoms with Crippen LogP contribution in [0.3, 0.4) is 0 Å². The number of benzene rings is 2. The molecule has 0 atom stereocenters. The van der Waals surface area contributed by atoms with Crippen LogP contribution in [0, 0.1) is 13.8 Å². The molecular weight excluding hydrogens is 378 g/mol. The van der Waals surface area contributed by atoms with E-state index < -0.39 is 5.97 Å². The first kappa shape index (κ1) is 21.1. The highest BCUT2D eigenvalue weighted by Gasteiger charge is 2.19. The number of Topliss-reactive ketones (excluding diaryl/α,β-unsaturated/α-hetero) is 1. The predicted molar refractivity (Wildman–Crippen MR) is 117 cm³/mol. The van der Waals surface area contributed by atoms with Gasteiger partial charge in [-0.05, 0) is 37.6 Å². The van der Waals surface area contributed by atoms with Gasteiger partial charge in [-0.1, -0.05) is 48.5 Å². The molecule has 0 aliphatic carbocycles. The van der Waals surface area contributed by atoms with Gasteiger partial charge < -0.3 is 14.0 Å². The number of para-hydroxylation sites is 1. The number of carbonyl (C=O) groups is 2. The molecule has 0 fully saturated rings. The molecule has 0 amide bonds. The lowest BCUT2D eigenvalue weighted by Gasteiger charge is -2.10. The minimum Gasteiger partial charge on any atom is -0.496 e. The number of hydrogen-bond acceptors (Lipinski definition) is 4. The number of aryl methyl sites for hydroxylation is 1. The van der Waals surface area contributed by atoms with E-state index in [4.69, 9.17) is 9.47 Å². The van der Waals surface area contributed by atoms with E-state index in [-0.39, 0.29) is 12.4 Å². The van der Waals surface area contributed by atoms with E-state index >= 15 is 0 Å². The zero-order chi connectivity index (χ0) is 21.7. The van der Waals surface area contributed by atoms with Crippen molar-refractivity contribution in [1.82, 2.24) is 4.57 Å². The van der Waals surface area contributed by atoms with E-state index in [1.54, 1.807) is 13.2 Å². The molecule has 1 aromatic heterocycles. The number of ether oxygens (including phenoxy) is 2. The van der Waals surface area contributed by atoms with Crippen molar-refractivity contribution < 1.29 is 19.1 Å². The highest BCUT2D eigenvalue weighted by atomic mass is 16.5. The van der Waals surface area contributed by atoms with Gasteiger partial charge in [0.15, 0.2) is 6.61 Å². The summed E-state index contributed by atoms with van der Waals surface area (Å²) >= 11 is 0. The predicted octanol–water partition coefficient (Wildman–Crippen LogP) is 4.62. The van der Waals surface area contributed by atoms with Crippen LogP contribution in [0.5, 0.6) is 5.75 Å². The van der Waals surface area contributed by atoms with Gasteiger partial charge in [-0.15, -0.1) is 0 Å². The molecule has 0 saturated carbocycles. The Morgan fingerprint density at radius 1 is 1.00 bits per heavy atom. The lowest BCUT2D eigenvalue weighted by atomic mass is 10.0. The van der Waals surface area contributed by atoms with Crippen LogP contribution in [0.15, 0.2) is 60.7 Å². The molecule has 0 spiro atoms. The van der Waals surface area contributed by atoms with Crippen LogP contribution in [0.2, 0.25) is 0 Å². The number of methoxy groups -OCH3 is 1. The highest BCUT2D eigenvalue weighted by Crippen LogP contribution is 2.25. The molecule has 0 unspecified atom stereocenters. The van der Waals surface area contributed by atoms with E-state index in [0.717, 1.165) is 17.0 Å². The summed E-state index contributed by atoms with van der Waals surface area (Å²) in [5, 5.41) is 0. The van der Waals surface area contributed by atoms with Crippen molar-refractivity contribution in [2.45, 2.75) is 13.8 Å². The van der Waals surface area contributed by atoms with Crippen molar-refractivity contribution in [3.8, 4) is 5.75 Å². The van der Waals surface area contributed by atoms with Crippen LogP contribution in [0.25, 0.3) is 11.6 Å². The molecule has 2 aromatic carbocycles. The second-order valence-electron chi connectivity index (χ2n) is 7.01. The third-order valence-electron chi connectivity index (χ3n) is 5.15. The number of ketones is 1. The quantitative estimate of drug-likeness (QED) is 0.250. The molecular formula is C25H25NO4. The zero-order valence-electron chi connectivity index (χ0n) is 17.6. The van der Waals surface area contributed by atoms with E-state index in [9.17, 15) is 9.59 Å². The molecule has 0 aliphatic heterocycles. The Bertz CT molecular complexity index is 1090. The Kier molecular flexibility index (Phi) is 6.52. The summed E-state index contributed by atoms with van der Waals surface area (Å²) in [4.78, 5) is 25.6. The minimum absolute atomic E-state index is 0.228. The monoisotopic (exact) mass is 403 g/mol. The fourth-order valence-corrected chi connectivity index (χ4v) is 3.24. The number of carbonyl (C=O) groups excluding carboxylic acids is 2. The Hall–Kier alpha value is -3.60. The van der Waals surface area contributed by atoms with Crippen molar-refractivity contribution in [2.75, 3.05) is 13.7 Å². The Morgan fingerprint density at radius 3 is 2.30 bits per heavy atom. The summed E-state index contributed by atoms with van der Waals surface area (Å²) in [5.41, 5.74) is 4.19. The minimum atomic E-state index is -0.564. The van der Waals surface area contributed by atoms with Crippen LogP contribution >= 0.6 is 0 Å². The Labute approximate surface area is 176 Å². The largest absolute Gasteiger partial charge is 0.496 e. The van der Waals surface area contributed by atoms with Crippen molar-refractivity contribution >= 4 is 23.4 Å². The van der Waals surface area contributed by atoms with Crippen LogP contribution in [-0.2, 0) is 16.6 Å². The van der Waals surface area contributed by atoms with Crippen LogP contribution in [0.4, 0.5) is 0 Å². The van der Waals surface area contributed by atoms with Gasteiger partial charge in [-0.25, -0.2) is 4.79 Å². The van der Waals surface area contributed by atoms with Gasteiger partial charge in [0.1, 0.15) is 5.75 Å². The third kappa shape index (κ3) is 4.51. The summed E-state index contributed by atoms with van der Waals surface area (Å²) in [7, 11) is 3.48. The van der Waals surface area contributed by atoms with Gasteiger partial charge in [0.2, 0.25) is 5.78 Å². The normalized spacial score (nSPS) is 11.3. The summed E-state index contributed by atoms with van der Waals surface area (Å²) < 4.78 is 12.7. The van der Waals surface area contributed by atoms with E-state index in [0.29, 0.717) is 22.4 Å². The maximum Gasteiger partial charge on any atom is 0.339 e. The first-order chi connectivity index (χ1) is 14.4. The fraction of sp³-hybridized carbons (Fsp3) is 0.200. The van der Waals surface area contributed by atoms with Gasteiger partial charge in [0.05, 0.1) is 12.7 Å². The molecule has 3 aromatic rings. The molecule has 154 valence electrons. The second-order valence-corrected chi connectivity index (χ2v) is 7.01. The van der Waals surface area contributed by atoms with E-state index in [2.05, 4.69) is 0 Å². The Balaban J connectivity index is 1.87. The first-order valence-corrected chi connectivity index (χ1v) is 9.65. The van der Waals surface area contributed by atoms with Gasteiger partial charge in [-0.3, -0.25) is 4.79 Å². The SMILES string of the molecule is COc1ccccc1/C=C(/C(=O)OCC(=O)c1cc(C)n(C)c1C)c1ccccc1. The zero-order valence-corrected chi connectivity index (χ0v) is 17.6. The molecule has 0 radical (unpaired) electrons. The summed E-state index contributed by atoms with van der Waals surface area (Å²) in [6, 6.07) is 18.4. The number of nitrogens with zero attached hydrogens (tertiary/aromatic N) is 1. The maximum atomic E-state index is 13.0. The molecule has 0 aliphatic rings. The maximum absolute atomic E-state index is 13.0. The van der Waals surface area contributed by atoms with Crippen LogP contribution in [0.1, 0.15) is 32.9 Å². The van der Waals surface area contributed by atoms with E-state index in [1.807, 2.05) is 86.1 Å². The smallest absolute Gasteiger partial charge is 0.339 e. The summed E-state index contributed by atoms with van der Waals surface area (Å²) in [5.74, 6) is -0.148. The van der Waals surface area contributed by atoms with Crippen molar-refractivity contribution in [3.05, 3.63) is 88.7 Å². The first-order valence-electron chi connectivity index (χ1n) is 9.65. The molecule has 5 nitrogen and oxygen atoms in total. The Morgan fingerprint density at radius 2 is 1.67 bits per heavy atom. The average Bonchev–Trinajstić information content (AvgIpc) is 3.03. The van der Waals surface area contributed by atoms with Gasteiger partial charge in [0, 0.05) is 29.6 Å². The standard InChI is InChI=1S/C25H25NO4/c1-17-14-21(18(2)26(17)3)23(27)16-30-25(28)22(19-10-6-5-7-11-19)15-20-12-8-9-13-24(20)29-4/h5-15H,16H2,1-4H3/b22-15+. The topological polar surface area (TPSA) is 57.5 Å². The molecule has 0 saturated heterocycles. The van der Waals surface area contributed by atoms with Gasteiger partial charge >= 0.3 is 5.97 Å². The van der Waals surface area contributed by atoms with Gasteiger partial charge in [0.25, 0.3) is 0 Å². The number of esters is 1. The van der Waals surface area contributed by atoms with Crippen molar-refractivity contribution in [2.24, 2.45) is 7.05 Å². The van der Waals surface area contributed by atoms with Crippen LogP contribution < -0.4 is 4.74 Å². The van der Waals surface area contributed by atoms with Crippen molar-refractivity contribution in [3.63, 3.8) is 0 Å². The lowest BCUT2D eigenvalue weighted by molar-refractivity contribution is -0.135. The highest BCUT2D eigenvalue weighted by molar-refractivity contribution is 6.22. The van der Waals surface area contributed by atoms with Gasteiger partial charge in [-0.2, -0.15) is 0 Å². The summed E-state index contributed by atoms with van der Waals surface area (Å²) in [6.45, 7) is 3.48. The number of aromatic nitrogens is 1. The third-order valence-corrected chi connectivity index (χ3v) is 5.15. The molecule has 3 rings (SSSR count). The summed E-state index contributed by atoms with van der Waals surface area (Å²) in [6.07, 6.45) is 1.72.